The summed E-state index contributed by atoms with van der Waals surface area (Å²) < 4.78 is 28.0. The van der Waals surface area contributed by atoms with Crippen molar-refractivity contribution in [1.29, 1.82) is 0 Å². The van der Waals surface area contributed by atoms with Crippen molar-refractivity contribution in [3.05, 3.63) is 53.5 Å². The third kappa shape index (κ3) is 3.52. The van der Waals surface area contributed by atoms with Crippen molar-refractivity contribution in [3.63, 3.8) is 0 Å². The van der Waals surface area contributed by atoms with Gasteiger partial charge in [0.25, 0.3) is 0 Å². The first-order valence-electron chi connectivity index (χ1n) is 9.48. The van der Waals surface area contributed by atoms with Gasteiger partial charge in [0.1, 0.15) is 11.3 Å². The lowest BCUT2D eigenvalue weighted by Crippen LogP contribution is -2.10. The van der Waals surface area contributed by atoms with Crippen molar-refractivity contribution in [2.24, 2.45) is 0 Å². The number of imidazole rings is 1. The number of rotatable bonds is 5. The number of aryl methyl sites for hydroxylation is 2. The van der Waals surface area contributed by atoms with Gasteiger partial charge >= 0.3 is 0 Å². The van der Waals surface area contributed by atoms with Crippen molar-refractivity contribution < 1.29 is 8.42 Å². The van der Waals surface area contributed by atoms with Crippen molar-refractivity contribution >= 4 is 32.6 Å². The summed E-state index contributed by atoms with van der Waals surface area (Å²) in [6.45, 7) is 6.05. The molecule has 3 heterocycles. The number of aromatic amines is 1. The van der Waals surface area contributed by atoms with Crippen LogP contribution in [-0.2, 0) is 10.0 Å². The number of fused-ring (bicyclic) bond motifs is 1. The molecule has 0 atom stereocenters. The van der Waals surface area contributed by atoms with Crippen LogP contribution in [0, 0.1) is 20.8 Å². The van der Waals surface area contributed by atoms with Crippen molar-refractivity contribution in [1.82, 2.24) is 19.5 Å². The number of benzene rings is 1. The third-order valence-corrected chi connectivity index (χ3v) is 5.70. The Balaban J connectivity index is 1.85. The molecule has 0 amide bonds. The molecule has 0 spiro atoms. The van der Waals surface area contributed by atoms with E-state index in [1.807, 2.05) is 46.0 Å². The first-order valence-corrected chi connectivity index (χ1v) is 11.4. The monoisotopic (exact) mass is 424 g/mol. The van der Waals surface area contributed by atoms with E-state index < -0.39 is 10.0 Å². The van der Waals surface area contributed by atoms with Gasteiger partial charge in [-0.1, -0.05) is 6.07 Å². The molecule has 8 nitrogen and oxygen atoms in total. The highest BCUT2D eigenvalue weighted by atomic mass is 32.2. The predicted octanol–water partition coefficient (Wildman–Crippen LogP) is 3.75. The zero-order valence-electron chi connectivity index (χ0n) is 17.5. The van der Waals surface area contributed by atoms with E-state index in [4.69, 9.17) is 4.98 Å². The van der Waals surface area contributed by atoms with E-state index in [2.05, 4.69) is 30.6 Å². The second-order valence-corrected chi connectivity index (χ2v) is 9.14. The van der Waals surface area contributed by atoms with E-state index in [-0.39, 0.29) is 0 Å². The van der Waals surface area contributed by atoms with Gasteiger partial charge in [-0.15, -0.1) is 0 Å². The van der Waals surface area contributed by atoms with E-state index >= 15 is 0 Å². The zero-order chi connectivity index (χ0) is 21.6. The molecule has 4 rings (SSSR count). The van der Waals surface area contributed by atoms with Crippen LogP contribution in [0.2, 0.25) is 0 Å². The van der Waals surface area contributed by atoms with Gasteiger partial charge in [0.05, 0.1) is 23.3 Å². The van der Waals surface area contributed by atoms with Crippen LogP contribution in [0.25, 0.3) is 28.2 Å². The lowest BCUT2D eigenvalue weighted by Gasteiger charge is -2.15. The number of aromatic nitrogens is 4. The molecular weight excluding hydrogens is 400 g/mol. The molecule has 0 bridgehead atoms. The van der Waals surface area contributed by atoms with Crippen LogP contribution in [0.4, 0.5) is 11.4 Å². The molecule has 156 valence electrons. The average molecular weight is 425 g/mol. The highest BCUT2D eigenvalue weighted by molar-refractivity contribution is 7.92. The molecule has 4 aromatic rings. The number of hydrogen-bond donors (Lipinski definition) is 3. The van der Waals surface area contributed by atoms with Crippen LogP contribution in [0.5, 0.6) is 0 Å². The van der Waals surface area contributed by atoms with Crippen molar-refractivity contribution in [2.75, 3.05) is 23.3 Å². The summed E-state index contributed by atoms with van der Waals surface area (Å²) in [5, 5.41) is 3.14. The molecule has 0 saturated carbocycles. The molecule has 0 saturated heterocycles. The Morgan fingerprint density at radius 2 is 1.87 bits per heavy atom. The molecule has 30 heavy (non-hydrogen) atoms. The number of H-pyrrole nitrogens is 1. The topological polar surface area (TPSA) is 105 Å². The molecule has 0 aliphatic rings. The van der Waals surface area contributed by atoms with E-state index in [0.29, 0.717) is 5.69 Å². The number of pyridine rings is 1. The summed E-state index contributed by atoms with van der Waals surface area (Å²) in [5.41, 5.74) is 7.87. The third-order valence-electron chi connectivity index (χ3n) is 5.09. The van der Waals surface area contributed by atoms with Gasteiger partial charge in [0.2, 0.25) is 10.0 Å². The molecule has 0 aliphatic heterocycles. The number of anilines is 2. The van der Waals surface area contributed by atoms with Crippen molar-refractivity contribution in [3.8, 4) is 17.1 Å². The highest BCUT2D eigenvalue weighted by Gasteiger charge is 2.18. The van der Waals surface area contributed by atoms with Gasteiger partial charge in [0, 0.05) is 30.2 Å². The van der Waals surface area contributed by atoms with Crippen LogP contribution in [0.1, 0.15) is 17.0 Å². The minimum atomic E-state index is -3.36. The SMILES string of the molecule is CNc1ccnc2[nH]c(-c3cc(C)n(-c4cc(NS(C)(=O)=O)ccc4C)c3C)nc12. The largest absolute Gasteiger partial charge is 0.386 e. The van der Waals surface area contributed by atoms with Gasteiger partial charge < -0.3 is 14.9 Å². The zero-order valence-corrected chi connectivity index (χ0v) is 18.3. The summed E-state index contributed by atoms with van der Waals surface area (Å²) in [7, 11) is -1.50. The Kier molecular flexibility index (Phi) is 4.77. The van der Waals surface area contributed by atoms with E-state index in [9.17, 15) is 8.42 Å². The van der Waals surface area contributed by atoms with Gasteiger partial charge in [-0.05, 0) is 50.6 Å². The number of hydrogen-bond acceptors (Lipinski definition) is 5. The smallest absolute Gasteiger partial charge is 0.229 e. The molecule has 1 aromatic carbocycles. The van der Waals surface area contributed by atoms with E-state index in [0.717, 1.165) is 57.1 Å². The summed E-state index contributed by atoms with van der Waals surface area (Å²) in [6, 6.07) is 9.48. The van der Waals surface area contributed by atoms with Crippen LogP contribution in [0.15, 0.2) is 36.5 Å². The second-order valence-electron chi connectivity index (χ2n) is 7.39. The standard InChI is InChI=1S/C21H24N6O2S/c1-12-6-7-15(26-30(5,28)29)11-18(12)27-13(2)10-16(14(27)3)20-24-19-17(22-4)8-9-23-21(19)25-20/h6-11,26H,1-5H3,(H2,22,23,24,25). The van der Waals surface area contributed by atoms with Crippen LogP contribution in [-0.4, -0.2) is 41.2 Å². The van der Waals surface area contributed by atoms with Crippen LogP contribution < -0.4 is 10.0 Å². The lowest BCUT2D eigenvalue weighted by atomic mass is 10.1. The van der Waals surface area contributed by atoms with Crippen LogP contribution >= 0.6 is 0 Å². The predicted molar refractivity (Wildman–Crippen MR) is 121 cm³/mol. The summed E-state index contributed by atoms with van der Waals surface area (Å²) in [6.07, 6.45) is 2.88. The van der Waals surface area contributed by atoms with Crippen molar-refractivity contribution in [2.45, 2.75) is 20.8 Å². The molecule has 0 aliphatic carbocycles. The van der Waals surface area contributed by atoms with Crippen LogP contribution in [0.3, 0.4) is 0 Å². The Hall–Kier alpha value is -3.33. The molecule has 0 fully saturated rings. The molecule has 9 heteroatoms. The molecule has 0 unspecified atom stereocenters. The molecule has 3 aromatic heterocycles. The van der Waals surface area contributed by atoms with Gasteiger partial charge in [0.15, 0.2) is 5.65 Å². The maximum Gasteiger partial charge on any atom is 0.229 e. The number of nitrogens with zero attached hydrogens (tertiary/aromatic N) is 3. The molecular formula is C21H24N6O2S. The minimum absolute atomic E-state index is 0.527. The quantitative estimate of drug-likeness (QED) is 0.452. The lowest BCUT2D eigenvalue weighted by molar-refractivity contribution is 0.607. The Bertz CT molecular complexity index is 1370. The molecule has 3 N–H and O–H groups in total. The normalized spacial score (nSPS) is 11.8. The average Bonchev–Trinajstić information content (AvgIpc) is 3.23. The fraction of sp³-hybridized carbons (Fsp3) is 0.238. The first-order chi connectivity index (χ1) is 14.2. The Morgan fingerprint density at radius 1 is 1.10 bits per heavy atom. The minimum Gasteiger partial charge on any atom is -0.386 e. The second kappa shape index (κ2) is 7.17. The Labute approximate surface area is 175 Å². The van der Waals surface area contributed by atoms with E-state index in [1.165, 1.54) is 0 Å². The number of nitrogens with one attached hydrogen (secondary N) is 3. The van der Waals surface area contributed by atoms with Gasteiger partial charge in [-0.25, -0.2) is 18.4 Å². The molecule has 0 radical (unpaired) electrons. The number of sulfonamides is 1. The first kappa shape index (κ1) is 20.0. The highest BCUT2D eigenvalue weighted by Crippen LogP contribution is 2.32. The maximum atomic E-state index is 11.7. The fourth-order valence-electron chi connectivity index (χ4n) is 3.74. The maximum absolute atomic E-state index is 11.7. The summed E-state index contributed by atoms with van der Waals surface area (Å²) >= 11 is 0. The Morgan fingerprint density at radius 3 is 2.57 bits per heavy atom. The summed E-state index contributed by atoms with van der Waals surface area (Å²) in [5.74, 6) is 0.739. The van der Waals surface area contributed by atoms with E-state index in [1.54, 1.807) is 12.3 Å². The summed E-state index contributed by atoms with van der Waals surface area (Å²) in [4.78, 5) is 12.5. The van der Waals surface area contributed by atoms with Gasteiger partial charge in [-0.3, -0.25) is 4.72 Å². The van der Waals surface area contributed by atoms with Gasteiger partial charge in [-0.2, -0.15) is 0 Å². The fourth-order valence-corrected chi connectivity index (χ4v) is 4.30.